The minimum atomic E-state index is -4.60. The minimum Gasteiger partial charge on any atom is -0.458 e. The van der Waals surface area contributed by atoms with Crippen molar-refractivity contribution in [3.8, 4) is 11.1 Å². The number of alkyl halides is 3. The van der Waals surface area contributed by atoms with Crippen molar-refractivity contribution in [2.24, 2.45) is 0 Å². The summed E-state index contributed by atoms with van der Waals surface area (Å²) < 4.78 is 64.3. The molecular weight excluding hydrogens is 515 g/mol. The number of aromatic nitrogens is 1. The first kappa shape index (κ1) is 27.6. The van der Waals surface area contributed by atoms with Crippen molar-refractivity contribution in [1.29, 1.82) is 0 Å². The molecule has 11 heteroatoms. The van der Waals surface area contributed by atoms with Crippen LogP contribution in [-0.4, -0.2) is 54.3 Å². The number of ether oxygens (including phenoxy) is 4. The van der Waals surface area contributed by atoms with Gasteiger partial charge in [0, 0.05) is 35.7 Å². The van der Waals surface area contributed by atoms with E-state index in [-0.39, 0.29) is 13.0 Å². The lowest BCUT2D eigenvalue weighted by atomic mass is 9.92. The highest BCUT2D eigenvalue weighted by molar-refractivity contribution is 6.30. The molecule has 3 atom stereocenters. The Bertz CT molecular complexity index is 1200. The highest BCUT2D eigenvalue weighted by Crippen LogP contribution is 2.37. The van der Waals surface area contributed by atoms with Crippen LogP contribution in [0, 0.1) is 0 Å². The van der Waals surface area contributed by atoms with E-state index in [0.29, 0.717) is 40.5 Å². The second kappa shape index (κ2) is 10.8. The van der Waals surface area contributed by atoms with Gasteiger partial charge in [-0.1, -0.05) is 17.7 Å². The monoisotopic (exact) mass is 543 g/mol. The van der Waals surface area contributed by atoms with Gasteiger partial charge in [0.2, 0.25) is 0 Å². The van der Waals surface area contributed by atoms with Crippen LogP contribution < -0.4 is 5.56 Å². The van der Waals surface area contributed by atoms with Crippen molar-refractivity contribution < 1.29 is 36.9 Å². The van der Waals surface area contributed by atoms with Gasteiger partial charge in [-0.05, 0) is 49.6 Å². The van der Waals surface area contributed by atoms with Crippen molar-refractivity contribution >= 4 is 17.6 Å². The minimum absolute atomic E-state index is 0.0854. The predicted molar refractivity (Wildman–Crippen MR) is 130 cm³/mol. The largest absolute Gasteiger partial charge is 0.458 e. The first-order valence-corrected chi connectivity index (χ1v) is 12.3. The summed E-state index contributed by atoms with van der Waals surface area (Å²) in [4.78, 5) is 26.6. The molecule has 1 saturated heterocycles. The Morgan fingerprint density at radius 1 is 1.14 bits per heavy atom. The first-order valence-electron chi connectivity index (χ1n) is 12.0. The van der Waals surface area contributed by atoms with Crippen LogP contribution in [0.2, 0.25) is 5.02 Å². The molecular formula is C26H29ClF3NO6. The Morgan fingerprint density at radius 3 is 2.51 bits per heavy atom. The number of nitrogens with zero attached hydrogens (tertiary/aromatic N) is 1. The van der Waals surface area contributed by atoms with Crippen molar-refractivity contribution in [2.45, 2.75) is 70.2 Å². The molecule has 0 saturated carbocycles. The highest BCUT2D eigenvalue weighted by atomic mass is 35.5. The normalized spacial score (nSPS) is 21.3. The zero-order valence-electron chi connectivity index (χ0n) is 20.8. The molecule has 3 heterocycles. The number of hydrogen-bond donors (Lipinski definition) is 0. The summed E-state index contributed by atoms with van der Waals surface area (Å²) in [5.41, 5.74) is 0.130. The SMILES string of the molecule is CC(C)(C)OC(=O)C(C[C@@H]1COCCO1)n1cc2c(cc1=O)-c1cc(Cl)ccc1CC(C(F)(F)F)OC2. The summed E-state index contributed by atoms with van der Waals surface area (Å²) in [5, 5.41) is 0.319. The molecule has 0 bridgehead atoms. The van der Waals surface area contributed by atoms with E-state index >= 15 is 0 Å². The first-order chi connectivity index (χ1) is 17.3. The van der Waals surface area contributed by atoms with Gasteiger partial charge >= 0.3 is 12.1 Å². The van der Waals surface area contributed by atoms with Gasteiger partial charge in [-0.2, -0.15) is 13.2 Å². The van der Waals surface area contributed by atoms with Crippen molar-refractivity contribution in [1.82, 2.24) is 4.57 Å². The zero-order chi connectivity index (χ0) is 27.0. The van der Waals surface area contributed by atoms with E-state index in [1.165, 1.54) is 35.0 Å². The molecule has 0 aliphatic carbocycles. The molecule has 202 valence electrons. The highest BCUT2D eigenvalue weighted by Gasteiger charge is 2.42. The fraction of sp³-hybridized carbons (Fsp3) is 0.538. The lowest BCUT2D eigenvalue weighted by molar-refractivity contribution is -0.223. The number of carbonyl (C=O) groups is 1. The third-order valence-electron chi connectivity index (χ3n) is 6.12. The van der Waals surface area contributed by atoms with Gasteiger partial charge in [-0.15, -0.1) is 0 Å². The summed E-state index contributed by atoms with van der Waals surface area (Å²) in [5.74, 6) is -0.660. The number of hydrogen-bond acceptors (Lipinski definition) is 6. The maximum absolute atomic E-state index is 13.7. The van der Waals surface area contributed by atoms with Gasteiger partial charge < -0.3 is 23.5 Å². The van der Waals surface area contributed by atoms with E-state index in [2.05, 4.69) is 0 Å². The Morgan fingerprint density at radius 2 is 1.86 bits per heavy atom. The topological polar surface area (TPSA) is 76.0 Å². The molecule has 4 rings (SSSR count). The maximum Gasteiger partial charge on any atom is 0.414 e. The summed E-state index contributed by atoms with van der Waals surface area (Å²) in [7, 11) is 0. The van der Waals surface area contributed by atoms with Gasteiger partial charge in [0.1, 0.15) is 11.6 Å². The van der Waals surface area contributed by atoms with Crippen LogP contribution in [0.4, 0.5) is 13.2 Å². The molecule has 2 aliphatic heterocycles. The second-order valence-electron chi connectivity index (χ2n) is 10.2. The molecule has 7 nitrogen and oxygen atoms in total. The summed E-state index contributed by atoms with van der Waals surface area (Å²) in [6.07, 6.45) is -6.07. The molecule has 0 spiro atoms. The van der Waals surface area contributed by atoms with E-state index < -0.39 is 54.6 Å². The smallest absolute Gasteiger partial charge is 0.414 e. The van der Waals surface area contributed by atoms with Crippen LogP contribution in [0.5, 0.6) is 0 Å². The van der Waals surface area contributed by atoms with Crippen molar-refractivity contribution in [2.75, 3.05) is 19.8 Å². The quantitative estimate of drug-likeness (QED) is 0.513. The van der Waals surface area contributed by atoms with Crippen molar-refractivity contribution in [3.05, 3.63) is 57.0 Å². The van der Waals surface area contributed by atoms with E-state index in [0.717, 1.165) is 0 Å². The van der Waals surface area contributed by atoms with Crippen LogP contribution in [0.15, 0.2) is 35.3 Å². The Labute approximate surface area is 217 Å². The van der Waals surface area contributed by atoms with Gasteiger partial charge in [0.15, 0.2) is 6.10 Å². The van der Waals surface area contributed by atoms with Gasteiger partial charge in [0.05, 0.1) is 32.5 Å². The summed E-state index contributed by atoms with van der Waals surface area (Å²) >= 11 is 6.17. The molecule has 0 radical (unpaired) electrons. The Kier molecular flexibility index (Phi) is 8.04. The fourth-order valence-corrected chi connectivity index (χ4v) is 4.62. The number of pyridine rings is 1. The molecule has 0 amide bonds. The molecule has 0 N–H and O–H groups in total. The maximum atomic E-state index is 13.7. The number of esters is 1. The fourth-order valence-electron chi connectivity index (χ4n) is 4.45. The number of benzene rings is 1. The zero-order valence-corrected chi connectivity index (χ0v) is 21.5. The van der Waals surface area contributed by atoms with E-state index in [1.54, 1.807) is 20.8 Å². The Hall–Kier alpha value is -2.40. The average molecular weight is 544 g/mol. The predicted octanol–water partition coefficient (Wildman–Crippen LogP) is 4.86. The third kappa shape index (κ3) is 6.73. The number of halogens is 4. The number of fused-ring (bicyclic) bond motifs is 3. The van der Waals surface area contributed by atoms with Gasteiger partial charge in [-0.25, -0.2) is 4.79 Å². The van der Waals surface area contributed by atoms with Crippen molar-refractivity contribution in [3.63, 3.8) is 0 Å². The number of carbonyl (C=O) groups excluding carboxylic acids is 1. The molecule has 2 aromatic rings. The van der Waals surface area contributed by atoms with Crippen LogP contribution in [-0.2, 0) is 36.8 Å². The molecule has 2 unspecified atom stereocenters. The van der Waals surface area contributed by atoms with E-state index in [9.17, 15) is 22.8 Å². The van der Waals surface area contributed by atoms with E-state index in [4.69, 9.17) is 30.5 Å². The lowest BCUT2D eigenvalue weighted by Gasteiger charge is -2.30. The van der Waals surface area contributed by atoms with Crippen LogP contribution in [0.1, 0.15) is 44.4 Å². The van der Waals surface area contributed by atoms with Gasteiger partial charge in [-0.3, -0.25) is 4.79 Å². The molecule has 1 aromatic heterocycles. The lowest BCUT2D eigenvalue weighted by Crippen LogP contribution is -2.39. The van der Waals surface area contributed by atoms with Gasteiger partial charge in [0.25, 0.3) is 5.56 Å². The summed E-state index contributed by atoms with van der Waals surface area (Å²) in [6, 6.07) is 4.76. The average Bonchev–Trinajstić information content (AvgIpc) is 2.79. The van der Waals surface area contributed by atoms with Crippen LogP contribution in [0.25, 0.3) is 11.1 Å². The van der Waals surface area contributed by atoms with Crippen LogP contribution >= 0.6 is 11.6 Å². The standard InChI is InChI=1S/C26H29ClF3NO6/c1-25(2,3)37-24(33)21(10-18-14-34-6-7-35-18)31-12-16-13-36-22(26(28,29)30)8-15-4-5-17(27)9-19(15)20(16)11-23(31)32/h4-5,9,11-12,18,21-22H,6-8,10,13-14H2,1-3H3/t18-,21?,22?/m1/s1. The molecule has 2 aliphatic rings. The van der Waals surface area contributed by atoms with Crippen LogP contribution in [0.3, 0.4) is 0 Å². The van der Waals surface area contributed by atoms with E-state index in [1.807, 2.05) is 0 Å². The summed E-state index contributed by atoms with van der Waals surface area (Å²) in [6.45, 7) is 5.70. The third-order valence-corrected chi connectivity index (χ3v) is 6.36. The number of rotatable bonds is 4. The Balaban J connectivity index is 1.81. The second-order valence-corrected chi connectivity index (χ2v) is 10.6. The molecule has 1 aromatic carbocycles. The molecule has 37 heavy (non-hydrogen) atoms. The molecule has 1 fully saturated rings.